The average molecular weight is 267 g/mol. The van der Waals surface area contributed by atoms with Crippen LogP contribution in [0.2, 0.25) is 0 Å². The first kappa shape index (κ1) is 13.8. The minimum atomic E-state index is -0.624. The van der Waals surface area contributed by atoms with E-state index in [4.69, 9.17) is 0 Å². The number of carbonyl (C=O) groups excluding carboxylic acids is 3. The maximum atomic E-state index is 12.0. The Morgan fingerprint density at radius 1 is 1.47 bits per heavy atom. The third-order valence-electron chi connectivity index (χ3n) is 3.84. The summed E-state index contributed by atoms with van der Waals surface area (Å²) in [4.78, 5) is 36.4. The Kier molecular flexibility index (Phi) is 4.07. The van der Waals surface area contributed by atoms with Gasteiger partial charge < -0.3 is 15.5 Å². The van der Waals surface area contributed by atoms with Crippen molar-refractivity contribution < 1.29 is 14.4 Å². The lowest BCUT2D eigenvalue weighted by Crippen LogP contribution is -2.41. The molecule has 0 radical (unpaired) electrons. The van der Waals surface area contributed by atoms with Crippen LogP contribution in [0.5, 0.6) is 0 Å². The summed E-state index contributed by atoms with van der Waals surface area (Å²) in [6.45, 7) is 4.29. The summed E-state index contributed by atoms with van der Waals surface area (Å²) in [6, 6.07) is 0. The average Bonchev–Trinajstić information content (AvgIpc) is 2.92. The quantitative estimate of drug-likeness (QED) is 0.668. The van der Waals surface area contributed by atoms with E-state index in [1.807, 2.05) is 4.90 Å². The lowest BCUT2D eigenvalue weighted by atomic mass is 9.88. The smallest absolute Gasteiger partial charge is 0.228 e. The first-order valence-electron chi connectivity index (χ1n) is 6.84. The second kappa shape index (κ2) is 5.59. The standard InChI is InChI=1S/C13H21N3O3/c1-13(8-10(17)15-9-13)12(19)14-5-3-7-16-6-2-4-11(16)18/h2-9H2,1H3,(H,14,19)(H,15,17). The second-order valence-electron chi connectivity index (χ2n) is 5.61. The summed E-state index contributed by atoms with van der Waals surface area (Å²) in [5, 5.41) is 5.53. The number of hydrogen-bond donors (Lipinski definition) is 2. The summed E-state index contributed by atoms with van der Waals surface area (Å²) in [7, 11) is 0. The van der Waals surface area contributed by atoms with Crippen LogP contribution in [-0.2, 0) is 14.4 Å². The van der Waals surface area contributed by atoms with Crippen LogP contribution in [0.15, 0.2) is 0 Å². The summed E-state index contributed by atoms with van der Waals surface area (Å²) in [6.07, 6.45) is 2.60. The summed E-state index contributed by atoms with van der Waals surface area (Å²) >= 11 is 0. The number of carbonyl (C=O) groups is 3. The molecule has 1 unspecified atom stereocenters. The molecule has 2 saturated heterocycles. The van der Waals surface area contributed by atoms with Gasteiger partial charge in [-0.05, 0) is 19.8 Å². The molecule has 2 N–H and O–H groups in total. The molecule has 2 fully saturated rings. The second-order valence-corrected chi connectivity index (χ2v) is 5.61. The molecule has 0 saturated carbocycles. The Morgan fingerprint density at radius 2 is 2.26 bits per heavy atom. The van der Waals surface area contributed by atoms with Gasteiger partial charge in [0.15, 0.2) is 0 Å². The zero-order valence-electron chi connectivity index (χ0n) is 11.3. The van der Waals surface area contributed by atoms with Gasteiger partial charge in [0.25, 0.3) is 0 Å². The first-order valence-corrected chi connectivity index (χ1v) is 6.84. The van der Waals surface area contributed by atoms with Crippen LogP contribution in [-0.4, -0.2) is 48.8 Å². The number of rotatable bonds is 5. The number of hydrogen-bond acceptors (Lipinski definition) is 3. The molecule has 0 aromatic carbocycles. The van der Waals surface area contributed by atoms with Crippen LogP contribution < -0.4 is 10.6 Å². The van der Waals surface area contributed by atoms with Gasteiger partial charge >= 0.3 is 0 Å². The van der Waals surface area contributed by atoms with Gasteiger partial charge in [-0.15, -0.1) is 0 Å². The molecular weight excluding hydrogens is 246 g/mol. The lowest BCUT2D eigenvalue weighted by Gasteiger charge is -2.21. The highest BCUT2D eigenvalue weighted by molar-refractivity contribution is 5.92. The topological polar surface area (TPSA) is 78.5 Å². The zero-order valence-corrected chi connectivity index (χ0v) is 11.3. The van der Waals surface area contributed by atoms with Crippen molar-refractivity contribution in [1.82, 2.24) is 15.5 Å². The molecule has 0 aromatic rings. The number of amides is 3. The van der Waals surface area contributed by atoms with Gasteiger partial charge in [-0.1, -0.05) is 0 Å². The van der Waals surface area contributed by atoms with Crippen molar-refractivity contribution in [3.05, 3.63) is 0 Å². The molecule has 2 aliphatic rings. The molecular formula is C13H21N3O3. The van der Waals surface area contributed by atoms with Crippen LogP contribution >= 0.6 is 0 Å². The van der Waals surface area contributed by atoms with Crippen molar-refractivity contribution in [3.63, 3.8) is 0 Å². The molecule has 2 rings (SSSR count). The Labute approximate surface area is 112 Å². The maximum absolute atomic E-state index is 12.0. The summed E-state index contributed by atoms with van der Waals surface area (Å²) in [5.41, 5.74) is -0.624. The summed E-state index contributed by atoms with van der Waals surface area (Å²) < 4.78 is 0. The van der Waals surface area contributed by atoms with E-state index in [2.05, 4.69) is 10.6 Å². The van der Waals surface area contributed by atoms with Gasteiger partial charge in [0.1, 0.15) is 0 Å². The molecule has 2 aliphatic heterocycles. The molecule has 1 atom stereocenters. The van der Waals surface area contributed by atoms with Gasteiger partial charge in [-0.3, -0.25) is 14.4 Å². The van der Waals surface area contributed by atoms with Crippen molar-refractivity contribution in [2.24, 2.45) is 5.41 Å². The minimum absolute atomic E-state index is 0.0692. The van der Waals surface area contributed by atoms with Crippen LogP contribution in [0.1, 0.15) is 32.6 Å². The molecule has 6 heteroatoms. The van der Waals surface area contributed by atoms with Crippen molar-refractivity contribution in [2.45, 2.75) is 32.6 Å². The third kappa shape index (κ3) is 3.24. The van der Waals surface area contributed by atoms with Crippen molar-refractivity contribution in [2.75, 3.05) is 26.2 Å². The van der Waals surface area contributed by atoms with E-state index in [0.29, 0.717) is 26.1 Å². The maximum Gasteiger partial charge on any atom is 0.228 e. The van der Waals surface area contributed by atoms with Gasteiger partial charge in [0.2, 0.25) is 17.7 Å². The fourth-order valence-corrected chi connectivity index (χ4v) is 2.56. The Hall–Kier alpha value is -1.59. The molecule has 6 nitrogen and oxygen atoms in total. The highest BCUT2D eigenvalue weighted by Gasteiger charge is 2.40. The fraction of sp³-hybridized carbons (Fsp3) is 0.769. The first-order chi connectivity index (χ1) is 9.01. The van der Waals surface area contributed by atoms with E-state index < -0.39 is 5.41 Å². The van der Waals surface area contributed by atoms with Gasteiger partial charge in [0, 0.05) is 39.0 Å². The van der Waals surface area contributed by atoms with E-state index in [1.165, 1.54) is 0 Å². The SMILES string of the molecule is CC1(C(=O)NCCCN2CCCC2=O)CNC(=O)C1. The molecule has 0 aliphatic carbocycles. The van der Waals surface area contributed by atoms with E-state index >= 15 is 0 Å². The van der Waals surface area contributed by atoms with E-state index in [1.54, 1.807) is 6.92 Å². The van der Waals surface area contributed by atoms with Gasteiger partial charge in [0.05, 0.1) is 5.41 Å². The predicted molar refractivity (Wildman–Crippen MR) is 69.2 cm³/mol. The van der Waals surface area contributed by atoms with E-state index in [0.717, 1.165) is 19.4 Å². The number of likely N-dealkylation sites (tertiary alicyclic amines) is 1. The Morgan fingerprint density at radius 3 is 2.84 bits per heavy atom. The fourth-order valence-electron chi connectivity index (χ4n) is 2.56. The number of nitrogens with one attached hydrogen (secondary N) is 2. The normalized spacial score (nSPS) is 26.7. The Bertz CT molecular complexity index is 397. The monoisotopic (exact) mass is 267 g/mol. The molecule has 19 heavy (non-hydrogen) atoms. The van der Waals surface area contributed by atoms with Gasteiger partial charge in [-0.25, -0.2) is 0 Å². The van der Waals surface area contributed by atoms with Crippen molar-refractivity contribution in [3.8, 4) is 0 Å². The zero-order chi connectivity index (χ0) is 13.9. The van der Waals surface area contributed by atoms with Crippen LogP contribution in [0.25, 0.3) is 0 Å². The summed E-state index contributed by atoms with van der Waals surface area (Å²) in [5.74, 6) is 0.0581. The molecule has 0 bridgehead atoms. The van der Waals surface area contributed by atoms with Crippen LogP contribution in [0, 0.1) is 5.41 Å². The molecule has 0 spiro atoms. The van der Waals surface area contributed by atoms with E-state index in [9.17, 15) is 14.4 Å². The minimum Gasteiger partial charge on any atom is -0.355 e. The molecule has 3 amide bonds. The van der Waals surface area contributed by atoms with Crippen LogP contribution in [0.4, 0.5) is 0 Å². The number of nitrogens with zero attached hydrogens (tertiary/aromatic N) is 1. The van der Waals surface area contributed by atoms with Crippen molar-refractivity contribution in [1.29, 1.82) is 0 Å². The third-order valence-corrected chi connectivity index (χ3v) is 3.84. The highest BCUT2D eigenvalue weighted by atomic mass is 16.2. The van der Waals surface area contributed by atoms with Crippen molar-refractivity contribution >= 4 is 17.7 Å². The Balaban J connectivity index is 1.67. The largest absolute Gasteiger partial charge is 0.355 e. The van der Waals surface area contributed by atoms with E-state index in [-0.39, 0.29) is 24.1 Å². The van der Waals surface area contributed by atoms with Gasteiger partial charge in [-0.2, -0.15) is 0 Å². The molecule has 0 aromatic heterocycles. The highest BCUT2D eigenvalue weighted by Crippen LogP contribution is 2.25. The lowest BCUT2D eigenvalue weighted by molar-refractivity contribution is -0.131. The predicted octanol–water partition coefficient (Wildman–Crippen LogP) is -0.359. The molecule has 106 valence electrons. The van der Waals surface area contributed by atoms with Crippen LogP contribution in [0.3, 0.4) is 0 Å². The molecule has 2 heterocycles.